The summed E-state index contributed by atoms with van der Waals surface area (Å²) < 4.78 is 7.51. The highest BCUT2D eigenvalue weighted by molar-refractivity contribution is 7.99. The zero-order chi connectivity index (χ0) is 20.2. The third-order valence-corrected chi connectivity index (χ3v) is 8.50. The van der Waals surface area contributed by atoms with Gasteiger partial charge in [-0.25, -0.2) is 9.99 Å². The molecule has 2 aromatic heterocycles. The second-order valence-corrected chi connectivity index (χ2v) is 10.3. The van der Waals surface area contributed by atoms with Crippen molar-refractivity contribution in [1.29, 1.82) is 0 Å². The fourth-order valence-electron chi connectivity index (χ4n) is 4.76. The first-order valence-corrected chi connectivity index (χ1v) is 12.4. The number of rotatable bonds is 3. The van der Waals surface area contributed by atoms with E-state index in [0.717, 1.165) is 29.9 Å². The number of aromatic nitrogens is 3. The molecule has 0 aromatic carbocycles. The largest absolute Gasteiger partial charge is 0.378 e. The number of carbonyl (C=O) groups is 1. The summed E-state index contributed by atoms with van der Waals surface area (Å²) in [4.78, 5) is 16.0. The molecule has 0 bridgehead atoms. The van der Waals surface area contributed by atoms with Crippen molar-refractivity contribution in [2.75, 3.05) is 43.7 Å². The maximum absolute atomic E-state index is 12.6. The molecule has 4 aliphatic rings. The maximum Gasteiger partial charge on any atom is 0.249 e. The molecule has 6 rings (SSSR count). The fraction of sp³-hybridized carbons (Fsp3) is 0.632. The Labute approximate surface area is 183 Å². The van der Waals surface area contributed by atoms with Crippen LogP contribution in [-0.4, -0.2) is 64.3 Å². The Kier molecular flexibility index (Phi) is 4.75. The second kappa shape index (κ2) is 7.49. The molecule has 0 saturated carbocycles. The van der Waals surface area contributed by atoms with Gasteiger partial charge in [0, 0.05) is 23.5 Å². The van der Waals surface area contributed by atoms with Crippen molar-refractivity contribution in [1.82, 2.24) is 30.4 Å². The third kappa shape index (κ3) is 2.98. The van der Waals surface area contributed by atoms with Gasteiger partial charge < -0.3 is 9.64 Å². The molecule has 5 heterocycles. The lowest BCUT2D eigenvalue weighted by atomic mass is 9.87. The Hall–Kier alpha value is -1.66. The van der Waals surface area contributed by atoms with E-state index in [-0.39, 0.29) is 12.1 Å². The molecule has 9 nitrogen and oxygen atoms in total. The first kappa shape index (κ1) is 19.1. The number of thiophene rings is 1. The molecule has 2 fully saturated rings. The molecular formula is C19H25N7O2S2. The summed E-state index contributed by atoms with van der Waals surface area (Å²) >= 11 is 3.35. The standard InChI is InChI=1S/C19H25N7O2S2/c1-11-2-3-12-13(8-11)30-17-15(12)16-20-10-21-26(16)18-22-23-19(25(17)18)29-9-14(27)24-4-6-28-7-5-24/h11,16,20-21H,2-10H2,1H3/t11-,16?/m1/s1. The normalized spacial score (nSPS) is 25.0. The molecule has 1 aliphatic carbocycles. The van der Waals surface area contributed by atoms with Crippen molar-refractivity contribution >= 4 is 35.0 Å². The SMILES string of the molecule is C[C@@H]1CCc2c(sc3c2C2NCNN2c2nnc(SCC(=O)N4CCOCC4)n2-3)C1. The quantitative estimate of drug-likeness (QED) is 0.681. The molecule has 30 heavy (non-hydrogen) atoms. The van der Waals surface area contributed by atoms with Gasteiger partial charge in [-0.2, -0.15) is 0 Å². The minimum Gasteiger partial charge on any atom is -0.378 e. The van der Waals surface area contributed by atoms with E-state index in [1.165, 1.54) is 39.2 Å². The molecule has 3 aliphatic heterocycles. The maximum atomic E-state index is 12.6. The highest BCUT2D eigenvalue weighted by Crippen LogP contribution is 2.48. The zero-order valence-corrected chi connectivity index (χ0v) is 18.5. The Morgan fingerprint density at radius 2 is 2.20 bits per heavy atom. The number of thioether (sulfide) groups is 1. The van der Waals surface area contributed by atoms with Crippen molar-refractivity contribution in [3.63, 3.8) is 0 Å². The van der Waals surface area contributed by atoms with Crippen LogP contribution in [0.2, 0.25) is 0 Å². The summed E-state index contributed by atoms with van der Waals surface area (Å²) in [7, 11) is 0. The highest BCUT2D eigenvalue weighted by atomic mass is 32.2. The van der Waals surface area contributed by atoms with Gasteiger partial charge in [-0.3, -0.25) is 15.1 Å². The number of ether oxygens (including phenoxy) is 1. The van der Waals surface area contributed by atoms with E-state index in [9.17, 15) is 4.79 Å². The van der Waals surface area contributed by atoms with E-state index < -0.39 is 0 Å². The van der Waals surface area contributed by atoms with Crippen LogP contribution < -0.4 is 15.8 Å². The summed E-state index contributed by atoms with van der Waals surface area (Å²) in [6, 6.07) is 0. The van der Waals surface area contributed by atoms with Crippen LogP contribution in [0.25, 0.3) is 5.00 Å². The molecule has 2 N–H and O–H groups in total. The van der Waals surface area contributed by atoms with Crippen LogP contribution in [0.1, 0.15) is 35.5 Å². The highest BCUT2D eigenvalue weighted by Gasteiger charge is 2.42. The lowest BCUT2D eigenvalue weighted by Crippen LogP contribution is -2.41. The van der Waals surface area contributed by atoms with Crippen molar-refractivity contribution in [2.45, 2.75) is 37.5 Å². The van der Waals surface area contributed by atoms with Crippen molar-refractivity contribution in [3.8, 4) is 5.00 Å². The lowest BCUT2D eigenvalue weighted by molar-refractivity contribution is -0.132. The lowest BCUT2D eigenvalue weighted by Gasteiger charge is -2.31. The van der Waals surface area contributed by atoms with Gasteiger partial charge in [0.15, 0.2) is 5.16 Å². The zero-order valence-electron chi connectivity index (χ0n) is 16.9. The average molecular weight is 448 g/mol. The van der Waals surface area contributed by atoms with Crippen LogP contribution in [0, 0.1) is 5.92 Å². The second-order valence-electron chi connectivity index (χ2n) is 8.28. The summed E-state index contributed by atoms with van der Waals surface area (Å²) in [5.74, 6) is 2.02. The van der Waals surface area contributed by atoms with Crippen molar-refractivity contribution in [3.05, 3.63) is 16.0 Å². The van der Waals surface area contributed by atoms with E-state index in [4.69, 9.17) is 4.74 Å². The summed E-state index contributed by atoms with van der Waals surface area (Å²) in [6.07, 6.45) is 3.60. The van der Waals surface area contributed by atoms with Gasteiger partial charge in [-0.1, -0.05) is 18.7 Å². The Balaban J connectivity index is 1.34. The third-order valence-electron chi connectivity index (χ3n) is 6.33. The number of amides is 1. The van der Waals surface area contributed by atoms with Gasteiger partial charge in [0.25, 0.3) is 0 Å². The number of hydrazine groups is 1. The topological polar surface area (TPSA) is 87.6 Å². The van der Waals surface area contributed by atoms with Gasteiger partial charge in [0.05, 0.1) is 25.6 Å². The number of morpholine rings is 1. The molecule has 2 saturated heterocycles. The van der Waals surface area contributed by atoms with Crippen LogP contribution in [0.3, 0.4) is 0 Å². The molecule has 1 unspecified atom stereocenters. The first-order valence-electron chi connectivity index (χ1n) is 10.6. The van der Waals surface area contributed by atoms with Gasteiger partial charge in [0.2, 0.25) is 11.9 Å². The Bertz CT molecular complexity index is 984. The summed E-state index contributed by atoms with van der Waals surface area (Å²) in [5.41, 5.74) is 6.26. The predicted molar refractivity (Wildman–Crippen MR) is 115 cm³/mol. The Morgan fingerprint density at radius 3 is 3.07 bits per heavy atom. The van der Waals surface area contributed by atoms with E-state index in [0.29, 0.717) is 38.7 Å². The van der Waals surface area contributed by atoms with Crippen molar-refractivity contribution in [2.24, 2.45) is 5.92 Å². The van der Waals surface area contributed by atoms with Gasteiger partial charge in [0.1, 0.15) is 11.2 Å². The minimum absolute atomic E-state index is 0.0953. The van der Waals surface area contributed by atoms with Crippen LogP contribution in [0.4, 0.5) is 5.95 Å². The number of anilines is 1. The van der Waals surface area contributed by atoms with Gasteiger partial charge in [-0.15, -0.1) is 21.5 Å². The molecule has 2 aromatic rings. The van der Waals surface area contributed by atoms with Crippen LogP contribution in [-0.2, 0) is 22.4 Å². The molecule has 0 spiro atoms. The smallest absolute Gasteiger partial charge is 0.249 e. The molecule has 2 atom stereocenters. The van der Waals surface area contributed by atoms with Crippen LogP contribution in [0.5, 0.6) is 0 Å². The number of hydrogen-bond donors (Lipinski definition) is 2. The monoisotopic (exact) mass is 447 g/mol. The van der Waals surface area contributed by atoms with Crippen LogP contribution in [0.15, 0.2) is 5.16 Å². The molecule has 160 valence electrons. The van der Waals surface area contributed by atoms with E-state index in [1.807, 2.05) is 16.2 Å². The minimum atomic E-state index is 0.0953. The molecule has 0 radical (unpaired) electrons. The fourth-order valence-corrected chi connectivity index (χ4v) is 7.19. The van der Waals surface area contributed by atoms with E-state index >= 15 is 0 Å². The number of nitrogens with zero attached hydrogens (tertiary/aromatic N) is 5. The average Bonchev–Trinajstić information content (AvgIpc) is 3.47. The van der Waals surface area contributed by atoms with Crippen LogP contribution >= 0.6 is 23.1 Å². The van der Waals surface area contributed by atoms with Gasteiger partial charge >= 0.3 is 0 Å². The number of fused-ring (bicyclic) bond motifs is 8. The summed E-state index contributed by atoms with van der Waals surface area (Å²) in [6.45, 7) is 5.62. The predicted octanol–water partition coefficient (Wildman–Crippen LogP) is 1.29. The number of carbonyl (C=O) groups excluding carboxylic acids is 1. The first-order chi connectivity index (χ1) is 14.7. The van der Waals surface area contributed by atoms with Crippen molar-refractivity contribution < 1.29 is 9.53 Å². The number of hydrogen-bond acceptors (Lipinski definition) is 9. The molecule has 1 amide bonds. The molecule has 11 heteroatoms. The van der Waals surface area contributed by atoms with E-state index in [1.54, 1.807) is 0 Å². The summed E-state index contributed by atoms with van der Waals surface area (Å²) in [5, 5.41) is 16.6. The van der Waals surface area contributed by atoms with E-state index in [2.05, 4.69) is 37.4 Å². The molecular weight excluding hydrogens is 422 g/mol. The Morgan fingerprint density at radius 1 is 1.33 bits per heavy atom. The van der Waals surface area contributed by atoms with Gasteiger partial charge in [-0.05, 0) is 30.7 Å². The number of nitrogens with one attached hydrogen (secondary N) is 2.